The van der Waals surface area contributed by atoms with Crippen LogP contribution in [0.2, 0.25) is 0 Å². The number of nitrogens with two attached hydrogens (primary N) is 1. The maximum absolute atomic E-state index is 10.4. The van der Waals surface area contributed by atoms with Crippen LogP contribution in [0.5, 0.6) is 0 Å². The maximum atomic E-state index is 10.4. The molecule has 0 aromatic carbocycles. The van der Waals surface area contributed by atoms with Crippen molar-refractivity contribution < 1.29 is 20.1 Å². The lowest BCUT2D eigenvalue weighted by atomic mass is 9.92. The summed E-state index contributed by atoms with van der Waals surface area (Å²) in [5.41, 5.74) is 5.33. The van der Waals surface area contributed by atoms with Crippen molar-refractivity contribution in [1.29, 1.82) is 0 Å². The number of aliphatic hydroxyl groups is 2. The third-order valence-corrected chi connectivity index (χ3v) is 2.15. The maximum Gasteiger partial charge on any atom is 0.320 e. The van der Waals surface area contributed by atoms with Crippen molar-refractivity contribution in [3.63, 3.8) is 0 Å². The summed E-state index contributed by atoms with van der Waals surface area (Å²) in [5, 5.41) is 26.8. The van der Waals surface area contributed by atoms with Gasteiger partial charge in [0.2, 0.25) is 0 Å². The van der Waals surface area contributed by atoms with Gasteiger partial charge in [-0.15, -0.1) is 0 Å². The second kappa shape index (κ2) is 4.15. The van der Waals surface area contributed by atoms with E-state index in [0.717, 1.165) is 0 Å². The first-order chi connectivity index (χ1) is 6.50. The van der Waals surface area contributed by atoms with E-state index >= 15 is 0 Å². The minimum atomic E-state index is -1.06. The Bertz CT molecular complexity index is 295. The molecular formula is C9H13NO4. The van der Waals surface area contributed by atoms with Crippen LogP contribution in [-0.2, 0) is 4.79 Å². The lowest BCUT2D eigenvalue weighted by Gasteiger charge is -2.18. The van der Waals surface area contributed by atoms with E-state index < -0.39 is 12.0 Å². The van der Waals surface area contributed by atoms with E-state index in [1.54, 1.807) is 6.08 Å². The molecule has 5 N–H and O–H groups in total. The standard InChI is InChI=1S/C9H13NO4/c10-6(9(13)14)3-5-1-2-7(11)8(12)4-5/h1-2,5-6,11-12H,3-4,10H2,(H,13,14)/t5?,6-/m0/s1. The van der Waals surface area contributed by atoms with Gasteiger partial charge in [-0.3, -0.25) is 4.79 Å². The van der Waals surface area contributed by atoms with Gasteiger partial charge in [0.25, 0.3) is 0 Å². The molecule has 1 rings (SSSR count). The van der Waals surface area contributed by atoms with Gasteiger partial charge < -0.3 is 21.1 Å². The highest BCUT2D eigenvalue weighted by molar-refractivity contribution is 5.73. The highest BCUT2D eigenvalue weighted by Gasteiger charge is 2.21. The highest BCUT2D eigenvalue weighted by atomic mass is 16.4. The number of rotatable bonds is 3. The third kappa shape index (κ3) is 2.50. The molecule has 0 fully saturated rings. The van der Waals surface area contributed by atoms with Crippen LogP contribution in [0.25, 0.3) is 0 Å². The summed E-state index contributed by atoms with van der Waals surface area (Å²) in [6, 6.07) is -0.933. The van der Waals surface area contributed by atoms with Crippen LogP contribution >= 0.6 is 0 Å². The van der Waals surface area contributed by atoms with Crippen molar-refractivity contribution in [3.8, 4) is 0 Å². The Labute approximate surface area is 81.2 Å². The number of carbonyl (C=O) groups is 1. The topological polar surface area (TPSA) is 104 Å². The molecule has 5 nitrogen and oxygen atoms in total. The molecule has 0 aliphatic heterocycles. The van der Waals surface area contributed by atoms with Crippen molar-refractivity contribution in [1.82, 2.24) is 0 Å². The zero-order chi connectivity index (χ0) is 10.7. The first kappa shape index (κ1) is 10.6. The van der Waals surface area contributed by atoms with Gasteiger partial charge in [0.15, 0.2) is 5.76 Å². The van der Waals surface area contributed by atoms with E-state index in [4.69, 9.17) is 15.9 Å². The van der Waals surface area contributed by atoms with Crippen molar-refractivity contribution in [3.05, 3.63) is 23.7 Å². The summed E-state index contributed by atoms with van der Waals surface area (Å²) in [4.78, 5) is 10.4. The number of hydrogen-bond acceptors (Lipinski definition) is 4. The van der Waals surface area contributed by atoms with Gasteiger partial charge in [0.1, 0.15) is 11.8 Å². The quantitative estimate of drug-likeness (QED) is 0.535. The summed E-state index contributed by atoms with van der Waals surface area (Å²) < 4.78 is 0. The molecule has 1 aliphatic rings. The largest absolute Gasteiger partial charge is 0.508 e. The van der Waals surface area contributed by atoms with Crippen LogP contribution in [0.15, 0.2) is 23.7 Å². The second-order valence-electron chi connectivity index (χ2n) is 3.34. The molecule has 0 bridgehead atoms. The van der Waals surface area contributed by atoms with Crippen LogP contribution in [0.4, 0.5) is 0 Å². The SMILES string of the molecule is N[C@@H](CC1C=CC(O)=C(O)C1)C(=O)O. The molecule has 0 aromatic rings. The van der Waals surface area contributed by atoms with E-state index in [-0.39, 0.29) is 30.3 Å². The lowest BCUT2D eigenvalue weighted by Crippen LogP contribution is -2.32. The fraction of sp³-hybridized carbons (Fsp3) is 0.444. The summed E-state index contributed by atoms with van der Waals surface area (Å²) in [6.07, 6.45) is 3.50. The van der Waals surface area contributed by atoms with Gasteiger partial charge in [0, 0.05) is 6.42 Å². The van der Waals surface area contributed by atoms with E-state index in [0.29, 0.717) is 0 Å². The smallest absolute Gasteiger partial charge is 0.320 e. The molecule has 0 saturated heterocycles. The third-order valence-electron chi connectivity index (χ3n) is 2.15. The Hall–Kier alpha value is -1.49. The molecule has 0 radical (unpaired) electrons. The zero-order valence-corrected chi connectivity index (χ0v) is 7.55. The minimum absolute atomic E-state index is 0.116. The predicted molar refractivity (Wildman–Crippen MR) is 49.8 cm³/mol. The molecule has 0 amide bonds. The summed E-state index contributed by atoms with van der Waals surface area (Å²) in [5.74, 6) is -1.46. The van der Waals surface area contributed by atoms with Crippen molar-refractivity contribution in [2.45, 2.75) is 18.9 Å². The first-order valence-electron chi connectivity index (χ1n) is 4.28. The van der Waals surface area contributed by atoms with Crippen LogP contribution in [0.1, 0.15) is 12.8 Å². The van der Waals surface area contributed by atoms with Gasteiger partial charge in [-0.05, 0) is 18.4 Å². The summed E-state index contributed by atoms with van der Waals surface area (Å²) in [7, 11) is 0. The first-order valence-corrected chi connectivity index (χ1v) is 4.28. The van der Waals surface area contributed by atoms with Gasteiger partial charge in [-0.1, -0.05) is 6.08 Å². The van der Waals surface area contributed by atoms with Crippen LogP contribution in [0, 0.1) is 5.92 Å². The Morgan fingerprint density at radius 3 is 2.79 bits per heavy atom. The molecule has 0 heterocycles. The number of hydrogen-bond donors (Lipinski definition) is 4. The summed E-state index contributed by atoms with van der Waals surface area (Å²) >= 11 is 0. The molecule has 14 heavy (non-hydrogen) atoms. The highest BCUT2D eigenvalue weighted by Crippen LogP contribution is 2.23. The normalized spacial score (nSPS) is 23.6. The van der Waals surface area contributed by atoms with Crippen LogP contribution < -0.4 is 5.73 Å². The van der Waals surface area contributed by atoms with E-state index in [9.17, 15) is 9.90 Å². The monoisotopic (exact) mass is 199 g/mol. The Balaban J connectivity index is 2.52. The molecule has 1 unspecified atom stereocenters. The zero-order valence-electron chi connectivity index (χ0n) is 7.55. The predicted octanol–water partition coefficient (Wildman–Crippen LogP) is 0.692. The number of aliphatic carboxylic acids is 1. The molecule has 2 atom stereocenters. The fourth-order valence-electron chi connectivity index (χ4n) is 1.33. The molecule has 1 aliphatic carbocycles. The lowest BCUT2D eigenvalue weighted by molar-refractivity contribution is -0.138. The van der Waals surface area contributed by atoms with Gasteiger partial charge in [0.05, 0.1) is 0 Å². The van der Waals surface area contributed by atoms with E-state index in [2.05, 4.69) is 0 Å². The number of allylic oxidation sites excluding steroid dienone is 3. The Kier molecular flexibility index (Phi) is 3.14. The van der Waals surface area contributed by atoms with Gasteiger partial charge in [-0.25, -0.2) is 0 Å². The average Bonchev–Trinajstić information content (AvgIpc) is 2.11. The molecule has 5 heteroatoms. The minimum Gasteiger partial charge on any atom is -0.508 e. The molecule has 78 valence electrons. The molecule has 0 aromatic heterocycles. The Morgan fingerprint density at radius 1 is 1.64 bits per heavy atom. The average molecular weight is 199 g/mol. The fourth-order valence-corrected chi connectivity index (χ4v) is 1.33. The number of carboxylic acids is 1. The molecular weight excluding hydrogens is 186 g/mol. The van der Waals surface area contributed by atoms with E-state index in [1.165, 1.54) is 6.08 Å². The Morgan fingerprint density at radius 2 is 2.29 bits per heavy atom. The van der Waals surface area contributed by atoms with Crippen molar-refractivity contribution >= 4 is 5.97 Å². The van der Waals surface area contributed by atoms with Crippen molar-refractivity contribution in [2.24, 2.45) is 11.7 Å². The van der Waals surface area contributed by atoms with E-state index in [1.807, 2.05) is 0 Å². The van der Waals surface area contributed by atoms with Crippen LogP contribution in [-0.4, -0.2) is 27.3 Å². The van der Waals surface area contributed by atoms with Crippen LogP contribution in [0.3, 0.4) is 0 Å². The van der Waals surface area contributed by atoms with Crippen molar-refractivity contribution in [2.75, 3.05) is 0 Å². The second-order valence-corrected chi connectivity index (χ2v) is 3.34. The summed E-state index contributed by atoms with van der Waals surface area (Å²) in [6.45, 7) is 0. The molecule has 0 saturated carbocycles. The number of aliphatic hydroxyl groups excluding tert-OH is 2. The molecule has 0 spiro atoms. The number of carboxylic acid groups (broad SMARTS) is 1. The van der Waals surface area contributed by atoms with Gasteiger partial charge >= 0.3 is 5.97 Å². The van der Waals surface area contributed by atoms with Gasteiger partial charge in [-0.2, -0.15) is 0 Å².